The van der Waals surface area contributed by atoms with Gasteiger partial charge >= 0.3 is 0 Å². The Hall–Kier alpha value is -0.650. The van der Waals surface area contributed by atoms with Crippen LogP contribution < -0.4 is 10.1 Å². The van der Waals surface area contributed by atoms with Gasteiger partial charge in [0.15, 0.2) is 0 Å². The van der Waals surface area contributed by atoms with Crippen molar-refractivity contribution in [2.75, 3.05) is 27.2 Å². The van der Waals surface area contributed by atoms with Crippen molar-refractivity contribution in [1.82, 2.24) is 15.2 Å². The molecule has 4 nitrogen and oxygen atoms in total. The molecule has 0 radical (unpaired) electrons. The van der Waals surface area contributed by atoms with Crippen molar-refractivity contribution in [3.8, 4) is 5.88 Å². The molecular weight excluding hydrogens is 294 g/mol. The fraction of sp³-hybridized carbons (Fsp3) is 0.615. The Morgan fingerprint density at radius 1 is 1.56 bits per heavy atom. The number of pyridine rings is 1. The van der Waals surface area contributed by atoms with Gasteiger partial charge in [-0.2, -0.15) is 0 Å². The smallest absolute Gasteiger partial charge is 0.217 e. The second-order valence-electron chi connectivity index (χ2n) is 4.71. The van der Waals surface area contributed by atoms with E-state index in [9.17, 15) is 0 Å². The molecule has 0 aromatic carbocycles. The van der Waals surface area contributed by atoms with E-state index in [1.807, 2.05) is 13.1 Å². The van der Waals surface area contributed by atoms with Crippen molar-refractivity contribution in [3.63, 3.8) is 0 Å². The molecule has 1 aromatic heterocycles. The number of hydrogen-bond donors (Lipinski definition) is 1. The maximum atomic E-state index is 5.78. The van der Waals surface area contributed by atoms with Gasteiger partial charge in [-0.15, -0.1) is 0 Å². The third kappa shape index (κ3) is 3.93. The Bertz CT molecular complexity index is 396. The molecule has 100 valence electrons. The van der Waals surface area contributed by atoms with E-state index in [0.29, 0.717) is 6.61 Å². The summed E-state index contributed by atoms with van der Waals surface area (Å²) in [5.41, 5.74) is 1.08. The summed E-state index contributed by atoms with van der Waals surface area (Å²) in [4.78, 5) is 6.68. The van der Waals surface area contributed by atoms with Gasteiger partial charge in [-0.05, 0) is 48.9 Å². The molecule has 0 bridgehead atoms. The molecule has 1 N–H and O–H groups in total. The molecule has 18 heavy (non-hydrogen) atoms. The lowest BCUT2D eigenvalue weighted by Crippen LogP contribution is -2.26. The molecule has 1 saturated carbocycles. The normalized spacial score (nSPS) is 15.1. The maximum Gasteiger partial charge on any atom is 0.217 e. The fourth-order valence-corrected chi connectivity index (χ4v) is 2.28. The van der Waals surface area contributed by atoms with E-state index in [2.05, 4.69) is 38.2 Å². The molecule has 2 rings (SSSR count). The second-order valence-corrected chi connectivity index (χ2v) is 5.62. The SMILES string of the molecule is CNCc1cc(Br)cnc1OCCN(C)C1CC1. The Kier molecular flexibility index (Phi) is 4.97. The Labute approximate surface area is 117 Å². The van der Waals surface area contributed by atoms with E-state index in [1.54, 1.807) is 6.20 Å². The largest absolute Gasteiger partial charge is 0.476 e. The number of likely N-dealkylation sites (N-methyl/N-ethyl adjacent to an activating group) is 1. The minimum Gasteiger partial charge on any atom is -0.476 e. The molecule has 0 spiro atoms. The summed E-state index contributed by atoms with van der Waals surface area (Å²) in [5.74, 6) is 0.733. The number of halogens is 1. The van der Waals surface area contributed by atoms with Gasteiger partial charge in [0, 0.05) is 35.4 Å². The summed E-state index contributed by atoms with van der Waals surface area (Å²) < 4.78 is 6.76. The lowest BCUT2D eigenvalue weighted by atomic mass is 10.3. The van der Waals surface area contributed by atoms with Crippen LogP contribution in [0.1, 0.15) is 18.4 Å². The van der Waals surface area contributed by atoms with E-state index in [1.165, 1.54) is 12.8 Å². The van der Waals surface area contributed by atoms with Crippen LogP contribution in [-0.4, -0.2) is 43.2 Å². The lowest BCUT2D eigenvalue weighted by Gasteiger charge is -2.16. The topological polar surface area (TPSA) is 37.4 Å². The molecule has 5 heteroatoms. The zero-order chi connectivity index (χ0) is 13.0. The molecule has 0 amide bonds. The Morgan fingerprint density at radius 3 is 3.00 bits per heavy atom. The van der Waals surface area contributed by atoms with E-state index in [-0.39, 0.29) is 0 Å². The Balaban J connectivity index is 1.86. The van der Waals surface area contributed by atoms with Crippen LogP contribution in [0.15, 0.2) is 16.7 Å². The first-order chi connectivity index (χ1) is 8.70. The highest BCUT2D eigenvalue weighted by Gasteiger charge is 2.25. The average molecular weight is 314 g/mol. The van der Waals surface area contributed by atoms with Crippen LogP contribution in [0.4, 0.5) is 0 Å². The summed E-state index contributed by atoms with van der Waals surface area (Å²) in [7, 11) is 4.08. The molecule has 0 atom stereocenters. The average Bonchev–Trinajstić information content (AvgIpc) is 3.16. The number of nitrogens with one attached hydrogen (secondary N) is 1. The molecule has 0 aliphatic heterocycles. The molecule has 0 unspecified atom stereocenters. The maximum absolute atomic E-state index is 5.78. The van der Waals surface area contributed by atoms with Crippen molar-refractivity contribution in [3.05, 3.63) is 22.3 Å². The summed E-state index contributed by atoms with van der Waals surface area (Å²) in [6.07, 6.45) is 4.44. The number of ether oxygens (including phenoxy) is 1. The molecule has 0 saturated heterocycles. The van der Waals surface area contributed by atoms with Crippen molar-refractivity contribution in [1.29, 1.82) is 0 Å². The third-order valence-corrected chi connectivity index (χ3v) is 3.55. The van der Waals surface area contributed by atoms with E-state index in [4.69, 9.17) is 4.74 Å². The summed E-state index contributed by atoms with van der Waals surface area (Å²) >= 11 is 3.43. The van der Waals surface area contributed by atoms with Crippen LogP contribution >= 0.6 is 15.9 Å². The zero-order valence-corrected chi connectivity index (χ0v) is 12.5. The monoisotopic (exact) mass is 313 g/mol. The van der Waals surface area contributed by atoms with Crippen molar-refractivity contribution in [2.24, 2.45) is 0 Å². The van der Waals surface area contributed by atoms with Crippen molar-refractivity contribution in [2.45, 2.75) is 25.4 Å². The molecule has 1 aliphatic carbocycles. The van der Waals surface area contributed by atoms with Crippen molar-refractivity contribution >= 4 is 15.9 Å². The highest BCUT2D eigenvalue weighted by Crippen LogP contribution is 2.25. The predicted molar refractivity (Wildman–Crippen MR) is 75.8 cm³/mol. The van der Waals surface area contributed by atoms with Crippen LogP contribution in [0.3, 0.4) is 0 Å². The van der Waals surface area contributed by atoms with Gasteiger partial charge in [0.05, 0.1) is 0 Å². The van der Waals surface area contributed by atoms with E-state index >= 15 is 0 Å². The Morgan fingerprint density at radius 2 is 2.33 bits per heavy atom. The van der Waals surface area contributed by atoms with Gasteiger partial charge in [0.25, 0.3) is 0 Å². The highest BCUT2D eigenvalue weighted by molar-refractivity contribution is 9.10. The first-order valence-corrected chi connectivity index (χ1v) is 7.12. The van der Waals surface area contributed by atoms with Crippen molar-refractivity contribution < 1.29 is 4.74 Å². The minimum atomic E-state index is 0.693. The standard InChI is InChI=1S/C13H20BrN3O/c1-15-8-10-7-11(14)9-16-13(10)18-6-5-17(2)12-3-4-12/h7,9,12,15H,3-6,8H2,1-2H3. The number of hydrogen-bond acceptors (Lipinski definition) is 4. The molecule has 1 heterocycles. The highest BCUT2D eigenvalue weighted by atomic mass is 79.9. The number of rotatable bonds is 7. The van der Waals surface area contributed by atoms with Gasteiger partial charge in [-0.1, -0.05) is 0 Å². The number of aromatic nitrogens is 1. The quantitative estimate of drug-likeness (QED) is 0.836. The van der Waals surface area contributed by atoms with E-state index in [0.717, 1.165) is 35.0 Å². The molecule has 1 aromatic rings. The molecular formula is C13H20BrN3O. The third-order valence-electron chi connectivity index (χ3n) is 3.11. The van der Waals surface area contributed by atoms with Crippen LogP contribution in [0.5, 0.6) is 5.88 Å². The van der Waals surface area contributed by atoms with Crippen LogP contribution in [0.25, 0.3) is 0 Å². The lowest BCUT2D eigenvalue weighted by molar-refractivity contribution is 0.224. The first-order valence-electron chi connectivity index (χ1n) is 6.32. The summed E-state index contributed by atoms with van der Waals surface area (Å²) in [6, 6.07) is 2.83. The minimum absolute atomic E-state index is 0.693. The van der Waals surface area contributed by atoms with Gasteiger partial charge < -0.3 is 15.0 Å². The van der Waals surface area contributed by atoms with Gasteiger partial charge in [0.2, 0.25) is 5.88 Å². The van der Waals surface area contributed by atoms with Gasteiger partial charge in [-0.25, -0.2) is 4.98 Å². The second kappa shape index (κ2) is 6.50. The van der Waals surface area contributed by atoms with Crippen LogP contribution in [0.2, 0.25) is 0 Å². The van der Waals surface area contributed by atoms with Gasteiger partial charge in [0.1, 0.15) is 6.61 Å². The molecule has 1 aliphatic rings. The summed E-state index contributed by atoms with van der Waals surface area (Å²) in [5, 5.41) is 3.13. The van der Waals surface area contributed by atoms with Crippen LogP contribution in [0, 0.1) is 0 Å². The fourth-order valence-electron chi connectivity index (χ4n) is 1.90. The van der Waals surface area contributed by atoms with E-state index < -0.39 is 0 Å². The zero-order valence-electron chi connectivity index (χ0n) is 10.9. The summed E-state index contributed by atoms with van der Waals surface area (Å²) in [6.45, 7) is 2.42. The predicted octanol–water partition coefficient (Wildman–Crippen LogP) is 2.04. The van der Waals surface area contributed by atoms with Gasteiger partial charge in [-0.3, -0.25) is 0 Å². The number of nitrogens with zero attached hydrogens (tertiary/aromatic N) is 2. The first kappa shape index (κ1) is 13.8. The van der Waals surface area contributed by atoms with Crippen LogP contribution in [-0.2, 0) is 6.54 Å². The molecule has 1 fully saturated rings.